The van der Waals surface area contributed by atoms with E-state index in [0.29, 0.717) is 29.5 Å². The molecule has 24 heavy (non-hydrogen) atoms. The zero-order chi connectivity index (χ0) is 17.9. The minimum Gasteiger partial charge on any atom is -0.495 e. The van der Waals surface area contributed by atoms with Gasteiger partial charge in [-0.1, -0.05) is 18.2 Å². The van der Waals surface area contributed by atoms with Gasteiger partial charge in [-0.05, 0) is 32.9 Å². The Hall–Kier alpha value is -2.21. The Bertz CT molecular complexity index is 762. The van der Waals surface area contributed by atoms with Gasteiger partial charge in [-0.15, -0.1) is 0 Å². The number of nitrogens with zero attached hydrogens (tertiary/aromatic N) is 2. The van der Waals surface area contributed by atoms with E-state index in [2.05, 4.69) is 16.9 Å². The molecule has 0 unspecified atom stereocenters. The molecule has 0 bridgehead atoms. The van der Waals surface area contributed by atoms with Gasteiger partial charge < -0.3 is 19.4 Å². The summed E-state index contributed by atoms with van der Waals surface area (Å²) in [5.41, 5.74) is 0.940. The van der Waals surface area contributed by atoms with Crippen LogP contribution >= 0.6 is 11.6 Å². The van der Waals surface area contributed by atoms with E-state index in [4.69, 9.17) is 21.1 Å². The average molecular weight is 352 g/mol. The Morgan fingerprint density at radius 1 is 1.46 bits per heavy atom. The van der Waals surface area contributed by atoms with Gasteiger partial charge in [-0.2, -0.15) is 0 Å². The van der Waals surface area contributed by atoms with Gasteiger partial charge in [0, 0.05) is 24.7 Å². The highest BCUT2D eigenvalue weighted by atomic mass is 35.5. The van der Waals surface area contributed by atoms with Crippen molar-refractivity contribution in [3.63, 3.8) is 0 Å². The average Bonchev–Trinajstić information content (AvgIpc) is 2.85. The molecule has 1 amide bonds. The molecule has 1 N–H and O–H groups in total. The number of pyridine rings is 1. The molecule has 0 atom stereocenters. The molecule has 0 aliphatic rings. The Kier molecular flexibility index (Phi) is 5.39. The van der Waals surface area contributed by atoms with Crippen LogP contribution in [0.25, 0.3) is 16.8 Å². The van der Waals surface area contributed by atoms with Gasteiger partial charge >= 0.3 is 6.09 Å². The monoisotopic (exact) mass is 351 g/mol. The summed E-state index contributed by atoms with van der Waals surface area (Å²) in [6, 6.07) is 3.61. The summed E-state index contributed by atoms with van der Waals surface area (Å²) in [6.45, 7) is 10.2. The van der Waals surface area contributed by atoms with E-state index >= 15 is 0 Å². The van der Waals surface area contributed by atoms with E-state index in [-0.39, 0.29) is 0 Å². The largest absolute Gasteiger partial charge is 0.495 e. The number of hydrogen-bond donors (Lipinski definition) is 1. The minimum atomic E-state index is -0.533. The van der Waals surface area contributed by atoms with E-state index in [9.17, 15) is 4.79 Å². The van der Waals surface area contributed by atoms with Gasteiger partial charge in [-0.25, -0.2) is 9.78 Å². The predicted molar refractivity (Wildman–Crippen MR) is 95.0 cm³/mol. The van der Waals surface area contributed by atoms with Crippen molar-refractivity contribution in [3.05, 3.63) is 35.6 Å². The van der Waals surface area contributed by atoms with Gasteiger partial charge in [0.15, 0.2) is 0 Å². The first-order valence-corrected chi connectivity index (χ1v) is 7.94. The summed E-state index contributed by atoms with van der Waals surface area (Å²) in [5, 5.41) is 4.14. The molecule has 2 aromatic heterocycles. The maximum absolute atomic E-state index is 11.8. The molecule has 2 rings (SSSR count). The molecule has 2 aromatic rings. The second-order valence-corrected chi connectivity index (χ2v) is 6.67. The molecule has 130 valence electrons. The molecule has 0 aliphatic carbocycles. The highest BCUT2D eigenvalue weighted by Crippen LogP contribution is 2.28. The number of carbonyl (C=O) groups excluding carboxylic acids is 1. The summed E-state index contributed by atoms with van der Waals surface area (Å²) in [6.07, 6.45) is 1.18. The van der Waals surface area contributed by atoms with Gasteiger partial charge in [0.1, 0.15) is 17.0 Å². The minimum absolute atomic E-state index is 0.372. The number of carbonyl (C=O) groups is 1. The van der Waals surface area contributed by atoms with Crippen molar-refractivity contribution in [3.8, 4) is 0 Å². The molecular weight excluding hydrogens is 330 g/mol. The highest BCUT2D eigenvalue weighted by molar-refractivity contribution is 6.35. The first-order chi connectivity index (χ1) is 11.2. The van der Waals surface area contributed by atoms with Crippen molar-refractivity contribution < 1.29 is 14.3 Å². The number of aromatic nitrogens is 2. The van der Waals surface area contributed by atoms with Gasteiger partial charge in [0.2, 0.25) is 0 Å². The van der Waals surface area contributed by atoms with Gasteiger partial charge in [-0.3, -0.25) is 0 Å². The van der Waals surface area contributed by atoms with Gasteiger partial charge in [0.05, 0.1) is 17.8 Å². The first-order valence-electron chi connectivity index (χ1n) is 7.57. The normalized spacial score (nSPS) is 11.4. The summed E-state index contributed by atoms with van der Waals surface area (Å²) in [4.78, 5) is 16.1. The van der Waals surface area contributed by atoms with Crippen LogP contribution in [0.2, 0.25) is 5.02 Å². The molecule has 7 heteroatoms. The van der Waals surface area contributed by atoms with Crippen LogP contribution in [0.15, 0.2) is 24.9 Å². The SMILES string of the molecule is C=C(OC)c1cc2c(Cl)ccnc2n1CCNC(=O)OC(C)(C)C. The van der Waals surface area contributed by atoms with Crippen molar-refractivity contribution in [1.29, 1.82) is 0 Å². The number of fused-ring (bicyclic) bond motifs is 1. The van der Waals surface area contributed by atoms with Crippen molar-refractivity contribution in [1.82, 2.24) is 14.9 Å². The van der Waals surface area contributed by atoms with Crippen LogP contribution < -0.4 is 5.32 Å². The molecule has 2 heterocycles. The van der Waals surface area contributed by atoms with Crippen molar-refractivity contribution >= 4 is 34.5 Å². The second-order valence-electron chi connectivity index (χ2n) is 6.27. The molecule has 0 saturated heterocycles. The lowest BCUT2D eigenvalue weighted by Crippen LogP contribution is -2.34. The highest BCUT2D eigenvalue weighted by Gasteiger charge is 2.17. The predicted octanol–water partition coefficient (Wildman–Crippen LogP) is 3.83. The van der Waals surface area contributed by atoms with Crippen LogP contribution in [0.1, 0.15) is 26.5 Å². The second kappa shape index (κ2) is 7.13. The number of rotatable bonds is 5. The van der Waals surface area contributed by atoms with E-state index in [1.54, 1.807) is 19.4 Å². The Morgan fingerprint density at radius 2 is 2.17 bits per heavy atom. The number of nitrogens with one attached hydrogen (secondary N) is 1. The van der Waals surface area contributed by atoms with E-state index < -0.39 is 11.7 Å². The number of amides is 1. The van der Waals surface area contributed by atoms with E-state index in [0.717, 1.165) is 11.1 Å². The third-order valence-corrected chi connectivity index (χ3v) is 3.61. The van der Waals surface area contributed by atoms with Crippen LogP contribution in [-0.4, -0.2) is 34.9 Å². The van der Waals surface area contributed by atoms with Crippen LogP contribution in [0.5, 0.6) is 0 Å². The molecule has 0 radical (unpaired) electrons. The van der Waals surface area contributed by atoms with Crippen LogP contribution in [0, 0.1) is 0 Å². The number of halogens is 1. The molecular formula is C17H22ClN3O3. The Balaban J connectivity index is 2.20. The maximum Gasteiger partial charge on any atom is 0.407 e. The van der Waals surface area contributed by atoms with Crippen LogP contribution in [0.3, 0.4) is 0 Å². The molecule has 0 saturated carbocycles. The van der Waals surface area contributed by atoms with Gasteiger partial charge in [0.25, 0.3) is 0 Å². The molecule has 6 nitrogen and oxygen atoms in total. The Labute approximate surface area is 146 Å². The third-order valence-electron chi connectivity index (χ3n) is 3.28. The Morgan fingerprint density at radius 3 is 2.79 bits per heavy atom. The topological polar surface area (TPSA) is 65.4 Å². The molecule has 0 fully saturated rings. The number of ether oxygens (including phenoxy) is 2. The molecule has 0 aromatic carbocycles. The quantitative estimate of drug-likeness (QED) is 0.831. The summed E-state index contributed by atoms with van der Waals surface area (Å²) in [7, 11) is 1.55. The fourth-order valence-electron chi connectivity index (χ4n) is 2.26. The van der Waals surface area contributed by atoms with Crippen molar-refractivity contribution in [2.24, 2.45) is 0 Å². The fourth-order valence-corrected chi connectivity index (χ4v) is 2.46. The lowest BCUT2D eigenvalue weighted by Gasteiger charge is -2.20. The van der Waals surface area contributed by atoms with Crippen LogP contribution in [-0.2, 0) is 16.0 Å². The zero-order valence-electron chi connectivity index (χ0n) is 14.4. The number of hydrogen-bond acceptors (Lipinski definition) is 4. The standard InChI is InChI=1S/C17H22ClN3O3/c1-11(23-5)14-10-12-13(18)6-7-19-15(12)21(14)9-8-20-16(22)24-17(2,3)4/h6-7,10H,1,8-9H2,2-5H3,(H,20,22). The number of alkyl carbamates (subject to hydrolysis) is 1. The maximum atomic E-state index is 11.8. The molecule has 0 aliphatic heterocycles. The van der Waals surface area contributed by atoms with Crippen molar-refractivity contribution in [2.75, 3.05) is 13.7 Å². The van der Waals surface area contributed by atoms with E-state index in [1.165, 1.54) is 0 Å². The van der Waals surface area contributed by atoms with E-state index in [1.807, 2.05) is 31.4 Å². The van der Waals surface area contributed by atoms with Crippen LogP contribution in [0.4, 0.5) is 4.79 Å². The zero-order valence-corrected chi connectivity index (χ0v) is 15.1. The molecule has 0 spiro atoms. The lowest BCUT2D eigenvalue weighted by molar-refractivity contribution is 0.0526. The lowest BCUT2D eigenvalue weighted by atomic mass is 10.2. The smallest absolute Gasteiger partial charge is 0.407 e. The third kappa shape index (κ3) is 4.20. The summed E-state index contributed by atoms with van der Waals surface area (Å²) < 4.78 is 12.4. The fraction of sp³-hybridized carbons (Fsp3) is 0.412. The summed E-state index contributed by atoms with van der Waals surface area (Å²) in [5.74, 6) is 0.501. The van der Waals surface area contributed by atoms with Crippen molar-refractivity contribution in [2.45, 2.75) is 32.9 Å². The summed E-state index contributed by atoms with van der Waals surface area (Å²) >= 11 is 6.23. The number of methoxy groups -OCH3 is 1. The first kappa shape index (κ1) is 18.1.